The lowest BCUT2D eigenvalue weighted by molar-refractivity contribution is -0.122. The van der Waals surface area contributed by atoms with Crippen LogP contribution in [0.3, 0.4) is 0 Å². The second-order valence-corrected chi connectivity index (χ2v) is 2.47. The van der Waals surface area contributed by atoms with Gasteiger partial charge in [-0.3, -0.25) is 14.1 Å². The molecule has 0 aromatic heterocycles. The molecule has 0 spiro atoms. The Morgan fingerprint density at radius 3 is 1.27 bits per heavy atom. The summed E-state index contributed by atoms with van der Waals surface area (Å²) < 4.78 is 25.9. The summed E-state index contributed by atoms with van der Waals surface area (Å²) in [7, 11) is -3.67. The topological polar surface area (TPSA) is 88.5 Å². The number of hydrogen-bond acceptors (Lipinski definition) is 4. The van der Waals surface area contributed by atoms with Crippen LogP contribution in [0.5, 0.6) is 0 Å². The fraction of sp³-hybridized carbons (Fsp3) is 0.200. The van der Waals surface area contributed by atoms with Crippen molar-refractivity contribution in [3.8, 4) is 0 Å². The SMILES string of the molecule is C=C.CS(=O)(=O)O.O=CC=O. The van der Waals surface area contributed by atoms with Gasteiger partial charge in [0.2, 0.25) is 0 Å². The van der Waals surface area contributed by atoms with Crippen LogP contribution in [0.15, 0.2) is 13.2 Å². The van der Waals surface area contributed by atoms with Gasteiger partial charge in [0.25, 0.3) is 10.1 Å². The van der Waals surface area contributed by atoms with Crippen molar-refractivity contribution in [3.05, 3.63) is 13.2 Å². The predicted molar refractivity (Wildman–Crippen MR) is 40.9 cm³/mol. The van der Waals surface area contributed by atoms with E-state index in [-0.39, 0.29) is 12.6 Å². The average Bonchev–Trinajstić information content (AvgIpc) is 1.89. The van der Waals surface area contributed by atoms with Gasteiger partial charge in [0.1, 0.15) is 0 Å². The van der Waals surface area contributed by atoms with Gasteiger partial charge in [-0.2, -0.15) is 8.42 Å². The van der Waals surface area contributed by atoms with Crippen molar-refractivity contribution in [2.45, 2.75) is 0 Å². The first kappa shape index (κ1) is 16.5. The fourth-order valence-corrected chi connectivity index (χ4v) is 0. The van der Waals surface area contributed by atoms with Crippen LogP contribution in [0.4, 0.5) is 0 Å². The van der Waals surface area contributed by atoms with Crippen LogP contribution in [-0.2, 0) is 19.7 Å². The lowest BCUT2D eigenvalue weighted by Gasteiger charge is -1.69. The molecule has 0 aliphatic rings. The van der Waals surface area contributed by atoms with Crippen molar-refractivity contribution < 1.29 is 22.6 Å². The molecule has 66 valence electrons. The minimum Gasteiger partial charge on any atom is -0.295 e. The van der Waals surface area contributed by atoms with Gasteiger partial charge < -0.3 is 0 Å². The number of rotatable bonds is 1. The van der Waals surface area contributed by atoms with Gasteiger partial charge in [-0.25, -0.2) is 0 Å². The molecule has 0 aromatic rings. The fourth-order valence-electron chi connectivity index (χ4n) is 0. The molecule has 6 heteroatoms. The number of hydrogen-bond donors (Lipinski definition) is 1. The highest BCUT2D eigenvalue weighted by Gasteiger charge is 1.81. The number of aldehydes is 2. The van der Waals surface area contributed by atoms with E-state index in [2.05, 4.69) is 13.2 Å². The standard InChI is InChI=1S/C2H2O2.C2H4.CH4O3S/c3-1-2-4;1-2;1-5(2,3)4/h1-2H;1-2H2;1H3,(H,2,3,4). The molecular formula is C5H10O5S. The molecule has 0 saturated heterocycles. The Balaban J connectivity index is -0.0000000965. The van der Waals surface area contributed by atoms with Gasteiger partial charge in [-0.1, -0.05) is 0 Å². The maximum Gasteiger partial charge on any atom is 0.261 e. The van der Waals surface area contributed by atoms with Crippen molar-refractivity contribution >= 4 is 22.7 Å². The first-order valence-electron chi connectivity index (χ1n) is 2.23. The van der Waals surface area contributed by atoms with Gasteiger partial charge in [-0.15, -0.1) is 13.2 Å². The van der Waals surface area contributed by atoms with Crippen molar-refractivity contribution in [2.75, 3.05) is 6.26 Å². The third kappa shape index (κ3) is 4390000. The molecular weight excluding hydrogens is 172 g/mol. The zero-order chi connectivity index (χ0) is 9.91. The van der Waals surface area contributed by atoms with Crippen LogP contribution in [0.25, 0.3) is 0 Å². The van der Waals surface area contributed by atoms with E-state index in [1.165, 1.54) is 0 Å². The third-order valence-corrected chi connectivity index (χ3v) is 0.0556. The van der Waals surface area contributed by atoms with Gasteiger partial charge in [0.15, 0.2) is 12.6 Å². The first-order valence-corrected chi connectivity index (χ1v) is 4.08. The highest BCUT2D eigenvalue weighted by atomic mass is 32.2. The van der Waals surface area contributed by atoms with E-state index in [4.69, 9.17) is 14.1 Å². The van der Waals surface area contributed by atoms with Crippen LogP contribution in [0.2, 0.25) is 0 Å². The largest absolute Gasteiger partial charge is 0.295 e. The number of carbonyl (C=O) groups is 2. The van der Waals surface area contributed by atoms with E-state index in [9.17, 15) is 8.42 Å². The van der Waals surface area contributed by atoms with Crippen molar-refractivity contribution in [3.63, 3.8) is 0 Å². The van der Waals surface area contributed by atoms with E-state index in [0.29, 0.717) is 6.26 Å². The maximum atomic E-state index is 9.19. The van der Waals surface area contributed by atoms with Crippen LogP contribution in [0.1, 0.15) is 0 Å². The quantitative estimate of drug-likeness (QED) is 0.260. The maximum absolute atomic E-state index is 9.19. The summed E-state index contributed by atoms with van der Waals surface area (Å²) in [5, 5.41) is 0. The summed E-state index contributed by atoms with van der Waals surface area (Å²) in [6, 6.07) is 0. The minimum absolute atomic E-state index is 0.194. The molecule has 0 unspecified atom stereocenters. The summed E-state index contributed by atoms with van der Waals surface area (Å²) in [5.41, 5.74) is 0. The minimum atomic E-state index is -3.67. The molecule has 0 atom stereocenters. The molecule has 0 heterocycles. The van der Waals surface area contributed by atoms with Crippen molar-refractivity contribution in [2.24, 2.45) is 0 Å². The van der Waals surface area contributed by atoms with Crippen LogP contribution >= 0.6 is 0 Å². The van der Waals surface area contributed by atoms with E-state index in [1.807, 2.05) is 0 Å². The van der Waals surface area contributed by atoms with Crippen molar-refractivity contribution in [1.29, 1.82) is 0 Å². The molecule has 0 aliphatic heterocycles. The second-order valence-electron chi connectivity index (χ2n) is 1.01. The highest BCUT2D eigenvalue weighted by molar-refractivity contribution is 7.85. The molecule has 0 saturated carbocycles. The number of carbonyl (C=O) groups excluding carboxylic acids is 2. The van der Waals surface area contributed by atoms with Crippen LogP contribution in [-0.4, -0.2) is 31.8 Å². The Bertz CT molecular complexity index is 167. The average molecular weight is 182 g/mol. The Morgan fingerprint density at radius 2 is 1.27 bits per heavy atom. The summed E-state index contributed by atoms with van der Waals surface area (Å²) in [4.78, 5) is 17.6. The molecule has 0 amide bonds. The van der Waals surface area contributed by atoms with Crippen LogP contribution < -0.4 is 0 Å². The Labute approximate surface area is 65.5 Å². The lowest BCUT2D eigenvalue weighted by Crippen LogP contribution is -1.88. The lowest BCUT2D eigenvalue weighted by atomic mass is 10.9. The van der Waals surface area contributed by atoms with E-state index < -0.39 is 10.1 Å². The monoisotopic (exact) mass is 182 g/mol. The summed E-state index contributed by atoms with van der Waals surface area (Å²) in [6.07, 6.45) is 1.10. The molecule has 5 nitrogen and oxygen atoms in total. The first-order chi connectivity index (χ1) is 4.91. The Morgan fingerprint density at radius 1 is 1.18 bits per heavy atom. The normalized spacial score (nSPS) is 7.45. The molecule has 0 aliphatic carbocycles. The zero-order valence-corrected chi connectivity index (χ0v) is 6.87. The van der Waals surface area contributed by atoms with Gasteiger partial charge >= 0.3 is 0 Å². The third-order valence-electron chi connectivity index (χ3n) is 0.0556. The molecule has 0 bridgehead atoms. The van der Waals surface area contributed by atoms with E-state index in [0.717, 1.165) is 0 Å². The molecule has 11 heavy (non-hydrogen) atoms. The molecule has 0 rings (SSSR count). The summed E-state index contributed by atoms with van der Waals surface area (Å²) >= 11 is 0. The summed E-state index contributed by atoms with van der Waals surface area (Å²) in [6.45, 7) is 6.00. The summed E-state index contributed by atoms with van der Waals surface area (Å²) in [5.74, 6) is 0. The predicted octanol–water partition coefficient (Wildman–Crippen LogP) is -0.310. The van der Waals surface area contributed by atoms with Gasteiger partial charge in [-0.05, 0) is 0 Å². The molecule has 1 N–H and O–H groups in total. The molecule has 0 radical (unpaired) electrons. The van der Waals surface area contributed by atoms with E-state index >= 15 is 0 Å². The van der Waals surface area contributed by atoms with E-state index in [1.54, 1.807) is 0 Å². The van der Waals surface area contributed by atoms with Crippen molar-refractivity contribution in [1.82, 2.24) is 0 Å². The molecule has 0 aromatic carbocycles. The highest BCUT2D eigenvalue weighted by Crippen LogP contribution is 1.60. The smallest absolute Gasteiger partial charge is 0.261 e. The van der Waals surface area contributed by atoms with Crippen LogP contribution in [0, 0.1) is 0 Å². The zero-order valence-electron chi connectivity index (χ0n) is 6.06. The second kappa shape index (κ2) is 11.7. The van der Waals surface area contributed by atoms with Gasteiger partial charge in [0.05, 0.1) is 6.26 Å². The Hall–Kier alpha value is -1.01. The molecule has 0 fully saturated rings. The van der Waals surface area contributed by atoms with Gasteiger partial charge in [0, 0.05) is 0 Å². The Kier molecular flexibility index (Phi) is 17.6.